The number of imidazole rings is 1. The average Bonchev–Trinajstić information content (AvgIpc) is 2.78. The van der Waals surface area contributed by atoms with Crippen LogP contribution < -0.4 is 5.32 Å². The van der Waals surface area contributed by atoms with Crippen molar-refractivity contribution in [1.82, 2.24) is 9.55 Å². The summed E-state index contributed by atoms with van der Waals surface area (Å²) >= 11 is 12.4. The van der Waals surface area contributed by atoms with Gasteiger partial charge in [0.25, 0.3) is 0 Å². The van der Waals surface area contributed by atoms with Crippen LogP contribution in [-0.2, 0) is 6.54 Å². The molecule has 1 heterocycles. The summed E-state index contributed by atoms with van der Waals surface area (Å²) in [5.41, 5.74) is 1.69. The SMILES string of the molecule is CCCn1ccnc1Nc1c(Cl)ccc(C)c1Cl. The first-order valence-electron chi connectivity index (χ1n) is 5.86. The fourth-order valence-electron chi connectivity index (χ4n) is 1.74. The van der Waals surface area contributed by atoms with Crippen LogP contribution in [0, 0.1) is 6.92 Å². The number of aryl methyl sites for hydroxylation is 2. The van der Waals surface area contributed by atoms with Crippen LogP contribution in [0.5, 0.6) is 0 Å². The molecule has 2 aromatic rings. The maximum atomic E-state index is 6.26. The first kappa shape index (κ1) is 13.2. The Morgan fingerprint density at radius 1 is 1.33 bits per heavy atom. The summed E-state index contributed by atoms with van der Waals surface area (Å²) in [5, 5.41) is 4.43. The Hall–Kier alpha value is -1.19. The van der Waals surface area contributed by atoms with Gasteiger partial charge in [0.1, 0.15) is 0 Å². The molecule has 0 saturated carbocycles. The summed E-state index contributed by atoms with van der Waals surface area (Å²) in [4.78, 5) is 4.28. The first-order chi connectivity index (χ1) is 8.63. The number of halogens is 2. The van der Waals surface area contributed by atoms with Crippen LogP contribution in [0.15, 0.2) is 24.5 Å². The van der Waals surface area contributed by atoms with Gasteiger partial charge in [0.05, 0.1) is 15.7 Å². The molecule has 96 valence electrons. The zero-order chi connectivity index (χ0) is 13.1. The summed E-state index contributed by atoms with van der Waals surface area (Å²) in [6, 6.07) is 3.73. The van der Waals surface area contributed by atoms with Crippen LogP contribution in [0.25, 0.3) is 0 Å². The monoisotopic (exact) mass is 283 g/mol. The smallest absolute Gasteiger partial charge is 0.207 e. The molecule has 0 radical (unpaired) electrons. The normalized spacial score (nSPS) is 10.7. The minimum atomic E-state index is 0.594. The highest BCUT2D eigenvalue weighted by atomic mass is 35.5. The highest BCUT2D eigenvalue weighted by molar-refractivity contribution is 6.39. The van der Waals surface area contributed by atoms with E-state index in [1.807, 2.05) is 29.8 Å². The van der Waals surface area contributed by atoms with Crippen molar-refractivity contribution in [1.29, 1.82) is 0 Å². The summed E-state index contributed by atoms with van der Waals surface area (Å²) < 4.78 is 2.04. The van der Waals surface area contributed by atoms with Gasteiger partial charge in [-0.2, -0.15) is 0 Å². The van der Waals surface area contributed by atoms with Gasteiger partial charge in [0.15, 0.2) is 0 Å². The molecule has 0 unspecified atom stereocenters. The number of aromatic nitrogens is 2. The lowest BCUT2D eigenvalue weighted by Gasteiger charge is -2.13. The van der Waals surface area contributed by atoms with Crippen molar-refractivity contribution in [2.75, 3.05) is 5.32 Å². The van der Waals surface area contributed by atoms with Crippen LogP contribution in [0.2, 0.25) is 10.0 Å². The summed E-state index contributed by atoms with van der Waals surface area (Å²) in [6.45, 7) is 4.97. The van der Waals surface area contributed by atoms with Gasteiger partial charge < -0.3 is 9.88 Å². The van der Waals surface area contributed by atoms with Crippen LogP contribution >= 0.6 is 23.2 Å². The van der Waals surface area contributed by atoms with E-state index in [4.69, 9.17) is 23.2 Å². The molecule has 1 N–H and O–H groups in total. The Bertz CT molecular complexity index is 549. The second kappa shape index (κ2) is 5.63. The van der Waals surface area contributed by atoms with E-state index in [1.54, 1.807) is 6.20 Å². The molecule has 5 heteroatoms. The average molecular weight is 284 g/mol. The molecular formula is C13H15Cl2N3. The lowest BCUT2D eigenvalue weighted by Crippen LogP contribution is -2.03. The Labute approximate surface area is 117 Å². The number of anilines is 2. The Morgan fingerprint density at radius 2 is 2.11 bits per heavy atom. The molecule has 1 aromatic heterocycles. The lowest BCUT2D eigenvalue weighted by atomic mass is 10.2. The molecule has 18 heavy (non-hydrogen) atoms. The van der Waals surface area contributed by atoms with E-state index >= 15 is 0 Å². The lowest BCUT2D eigenvalue weighted by molar-refractivity contribution is 0.686. The molecule has 0 spiro atoms. The molecule has 2 rings (SSSR count). The van der Waals surface area contributed by atoms with Gasteiger partial charge in [0, 0.05) is 18.9 Å². The Morgan fingerprint density at radius 3 is 2.83 bits per heavy atom. The molecule has 0 atom stereocenters. The van der Waals surface area contributed by atoms with E-state index in [-0.39, 0.29) is 0 Å². The summed E-state index contributed by atoms with van der Waals surface area (Å²) in [5.74, 6) is 0.756. The quantitative estimate of drug-likeness (QED) is 0.885. The molecule has 0 amide bonds. The van der Waals surface area contributed by atoms with E-state index in [1.165, 1.54) is 0 Å². The maximum Gasteiger partial charge on any atom is 0.207 e. The molecule has 0 aliphatic rings. The third-order valence-corrected chi connectivity index (χ3v) is 3.50. The fourth-order valence-corrected chi connectivity index (χ4v) is 2.20. The molecule has 0 bridgehead atoms. The van der Waals surface area contributed by atoms with Gasteiger partial charge >= 0.3 is 0 Å². The van der Waals surface area contributed by atoms with E-state index in [0.717, 1.165) is 24.5 Å². The number of nitrogens with one attached hydrogen (secondary N) is 1. The molecule has 3 nitrogen and oxygen atoms in total. The highest BCUT2D eigenvalue weighted by Gasteiger charge is 2.11. The molecule has 1 aromatic carbocycles. The third kappa shape index (κ3) is 2.62. The zero-order valence-electron chi connectivity index (χ0n) is 10.4. The van der Waals surface area contributed by atoms with Crippen LogP contribution in [-0.4, -0.2) is 9.55 Å². The maximum absolute atomic E-state index is 6.26. The van der Waals surface area contributed by atoms with E-state index in [0.29, 0.717) is 15.7 Å². The number of benzene rings is 1. The fraction of sp³-hybridized carbons (Fsp3) is 0.308. The van der Waals surface area contributed by atoms with Crippen molar-refractivity contribution in [2.24, 2.45) is 0 Å². The third-order valence-electron chi connectivity index (χ3n) is 2.70. The van der Waals surface area contributed by atoms with Gasteiger partial charge in [-0.15, -0.1) is 0 Å². The van der Waals surface area contributed by atoms with Gasteiger partial charge in [-0.25, -0.2) is 4.98 Å². The zero-order valence-corrected chi connectivity index (χ0v) is 11.9. The summed E-state index contributed by atoms with van der Waals surface area (Å²) in [7, 11) is 0. The first-order valence-corrected chi connectivity index (χ1v) is 6.61. The van der Waals surface area contributed by atoms with Crippen LogP contribution in [0.1, 0.15) is 18.9 Å². The Balaban J connectivity index is 2.34. The molecular weight excluding hydrogens is 269 g/mol. The predicted octanol–water partition coefficient (Wildman–Crippen LogP) is 4.65. The Kier molecular flexibility index (Phi) is 4.15. The van der Waals surface area contributed by atoms with Crippen LogP contribution in [0.3, 0.4) is 0 Å². The number of nitrogens with zero attached hydrogens (tertiary/aromatic N) is 2. The molecule has 0 aliphatic carbocycles. The van der Waals surface area contributed by atoms with E-state index in [2.05, 4.69) is 17.2 Å². The van der Waals surface area contributed by atoms with Crippen molar-refractivity contribution in [2.45, 2.75) is 26.8 Å². The van der Waals surface area contributed by atoms with Crippen molar-refractivity contribution in [3.05, 3.63) is 40.1 Å². The van der Waals surface area contributed by atoms with Crippen molar-refractivity contribution >= 4 is 34.8 Å². The number of hydrogen-bond donors (Lipinski definition) is 1. The van der Waals surface area contributed by atoms with E-state index in [9.17, 15) is 0 Å². The largest absolute Gasteiger partial charge is 0.323 e. The van der Waals surface area contributed by atoms with Gasteiger partial charge in [-0.3, -0.25) is 0 Å². The van der Waals surface area contributed by atoms with Crippen molar-refractivity contribution < 1.29 is 0 Å². The molecule has 0 fully saturated rings. The predicted molar refractivity (Wildman–Crippen MR) is 77.0 cm³/mol. The standard InChI is InChI=1S/C13H15Cl2N3/c1-3-7-18-8-6-16-13(18)17-12-10(14)5-4-9(2)11(12)15/h4-6,8H,3,7H2,1-2H3,(H,16,17). The van der Waals surface area contributed by atoms with E-state index < -0.39 is 0 Å². The van der Waals surface area contributed by atoms with Crippen molar-refractivity contribution in [3.8, 4) is 0 Å². The molecule has 0 aliphatic heterocycles. The van der Waals surface area contributed by atoms with Crippen molar-refractivity contribution in [3.63, 3.8) is 0 Å². The second-order valence-corrected chi connectivity index (χ2v) is 4.91. The minimum absolute atomic E-state index is 0.594. The highest BCUT2D eigenvalue weighted by Crippen LogP contribution is 2.34. The van der Waals surface area contributed by atoms with Crippen LogP contribution in [0.4, 0.5) is 11.6 Å². The number of rotatable bonds is 4. The van der Waals surface area contributed by atoms with Gasteiger partial charge in [0.2, 0.25) is 5.95 Å². The topological polar surface area (TPSA) is 29.9 Å². The second-order valence-electron chi connectivity index (χ2n) is 4.12. The number of hydrogen-bond acceptors (Lipinski definition) is 2. The minimum Gasteiger partial charge on any atom is -0.323 e. The molecule has 0 saturated heterocycles. The van der Waals surface area contributed by atoms with Gasteiger partial charge in [-0.05, 0) is 25.0 Å². The summed E-state index contributed by atoms with van der Waals surface area (Å²) in [6.07, 6.45) is 4.74. The van der Waals surface area contributed by atoms with Gasteiger partial charge in [-0.1, -0.05) is 36.2 Å².